The highest BCUT2D eigenvalue weighted by molar-refractivity contribution is 6.32. The van der Waals surface area contributed by atoms with Gasteiger partial charge in [-0.3, -0.25) is 14.6 Å². The van der Waals surface area contributed by atoms with Crippen molar-refractivity contribution in [2.45, 2.75) is 25.1 Å². The van der Waals surface area contributed by atoms with Crippen molar-refractivity contribution in [1.29, 1.82) is 0 Å². The van der Waals surface area contributed by atoms with Gasteiger partial charge in [0.1, 0.15) is 17.5 Å². The van der Waals surface area contributed by atoms with Crippen molar-refractivity contribution in [3.63, 3.8) is 0 Å². The molecule has 0 saturated heterocycles. The number of hydrogen-bond donors (Lipinski definition) is 2. The molecule has 0 bridgehead atoms. The first kappa shape index (κ1) is 28.0. The molecule has 13 heteroatoms. The average molecular weight is 565 g/mol. The molecule has 9 nitrogen and oxygen atoms in total. The van der Waals surface area contributed by atoms with Crippen molar-refractivity contribution >= 4 is 40.5 Å². The quantitative estimate of drug-likeness (QED) is 0.436. The molecule has 206 valence electrons. The third-order valence-electron chi connectivity index (χ3n) is 5.89. The van der Waals surface area contributed by atoms with Crippen LogP contribution < -0.4 is 15.4 Å². The number of aliphatic imine (C=N–C) groups is 1. The lowest BCUT2D eigenvalue weighted by molar-refractivity contribution is -0.137. The van der Waals surface area contributed by atoms with E-state index in [1.165, 1.54) is 18.3 Å². The van der Waals surface area contributed by atoms with Crippen molar-refractivity contribution in [3.8, 4) is 5.88 Å². The highest BCUT2D eigenvalue weighted by Gasteiger charge is 2.34. The summed E-state index contributed by atoms with van der Waals surface area (Å²) in [5, 5.41) is 4.89. The summed E-state index contributed by atoms with van der Waals surface area (Å²) >= 11 is 6.36. The van der Waals surface area contributed by atoms with Gasteiger partial charge >= 0.3 is 6.18 Å². The molecule has 0 spiro atoms. The second-order valence-electron chi connectivity index (χ2n) is 8.59. The summed E-state index contributed by atoms with van der Waals surface area (Å²) in [6, 6.07) is 5.53. The normalized spacial score (nSPS) is 18.6. The number of fused-ring (bicyclic) bond motifs is 1. The number of allylic oxidation sites excluding steroid dienone is 1. The molecule has 1 aliphatic carbocycles. The molecule has 2 heterocycles. The molecule has 2 amide bonds. The predicted molar refractivity (Wildman–Crippen MR) is 138 cm³/mol. The van der Waals surface area contributed by atoms with Gasteiger partial charge in [-0.1, -0.05) is 17.7 Å². The van der Waals surface area contributed by atoms with Crippen LogP contribution in [0.3, 0.4) is 0 Å². The first-order chi connectivity index (χ1) is 18.6. The van der Waals surface area contributed by atoms with Gasteiger partial charge in [-0.25, -0.2) is 4.98 Å². The first-order valence-electron chi connectivity index (χ1n) is 11.7. The van der Waals surface area contributed by atoms with Crippen molar-refractivity contribution in [2.75, 3.05) is 31.4 Å². The molecular weight excluding hydrogens is 541 g/mol. The second-order valence-corrected chi connectivity index (χ2v) is 8.99. The van der Waals surface area contributed by atoms with Crippen LogP contribution in [0.1, 0.15) is 18.4 Å². The maximum absolute atomic E-state index is 12.9. The maximum atomic E-state index is 12.9. The summed E-state index contributed by atoms with van der Waals surface area (Å²) in [6.45, 7) is 0.536. The highest BCUT2D eigenvalue weighted by Crippen LogP contribution is 2.33. The van der Waals surface area contributed by atoms with Gasteiger partial charge in [-0.15, -0.1) is 0 Å². The van der Waals surface area contributed by atoms with Gasteiger partial charge in [0.05, 0.1) is 37.6 Å². The Labute approximate surface area is 226 Å². The second kappa shape index (κ2) is 11.8. The Balaban J connectivity index is 1.36. The van der Waals surface area contributed by atoms with Crippen molar-refractivity contribution in [2.24, 2.45) is 10.9 Å². The zero-order chi connectivity index (χ0) is 28.2. The standard InChI is InChI=1S/C26H24ClF3N4O5/c1-37-21-10-17-19(11-22(21)38-2)31-7-6-20(17)39-25-18(27)9-16(13-32-25)34-24(36)12-23(35)33-15-5-3-4-14(8-15)26(28,29)30/h3-5,8-11,13,17,20H,6-7,12H2,1-2H3,(H,33,35)(H,34,36). The molecule has 0 saturated carbocycles. The number of benzene rings is 1. The van der Waals surface area contributed by atoms with Crippen molar-refractivity contribution in [3.05, 3.63) is 70.8 Å². The number of anilines is 2. The highest BCUT2D eigenvalue weighted by atomic mass is 35.5. The Morgan fingerprint density at radius 1 is 1.08 bits per heavy atom. The number of amides is 2. The molecular formula is C26H24ClF3N4O5. The molecule has 1 aliphatic heterocycles. The largest absolute Gasteiger partial charge is 0.493 e. The number of aromatic nitrogens is 1. The van der Waals surface area contributed by atoms with Crippen LogP contribution in [0.25, 0.3) is 0 Å². The SMILES string of the molecule is COC1=CC2=NCCC(Oc3ncc(NC(=O)CC(=O)Nc4cccc(C(F)(F)F)c4)cc3Cl)C2C=C1OC. The van der Waals surface area contributed by atoms with E-state index in [1.807, 2.05) is 6.08 Å². The number of rotatable bonds is 8. The summed E-state index contributed by atoms with van der Waals surface area (Å²) in [5.74, 6) is -0.432. The van der Waals surface area contributed by atoms with E-state index in [9.17, 15) is 22.8 Å². The third kappa shape index (κ3) is 6.88. The third-order valence-corrected chi connectivity index (χ3v) is 6.16. The van der Waals surface area contributed by atoms with Crippen LogP contribution in [-0.2, 0) is 25.2 Å². The van der Waals surface area contributed by atoms with Gasteiger partial charge in [0.15, 0.2) is 11.5 Å². The van der Waals surface area contributed by atoms with Crippen molar-refractivity contribution in [1.82, 2.24) is 4.98 Å². The predicted octanol–water partition coefficient (Wildman–Crippen LogP) is 5.00. The van der Waals surface area contributed by atoms with Crippen LogP contribution in [0.5, 0.6) is 5.88 Å². The molecule has 4 rings (SSSR count). The van der Waals surface area contributed by atoms with E-state index in [4.69, 9.17) is 25.8 Å². The number of ether oxygens (including phenoxy) is 3. The Morgan fingerprint density at radius 3 is 2.46 bits per heavy atom. The Morgan fingerprint density at radius 2 is 1.79 bits per heavy atom. The maximum Gasteiger partial charge on any atom is 0.416 e. The van der Waals surface area contributed by atoms with E-state index in [1.54, 1.807) is 20.3 Å². The van der Waals surface area contributed by atoms with Gasteiger partial charge in [0, 0.05) is 30.4 Å². The van der Waals surface area contributed by atoms with Gasteiger partial charge in [0.25, 0.3) is 0 Å². The Hall–Kier alpha value is -4.06. The van der Waals surface area contributed by atoms with E-state index in [2.05, 4.69) is 20.6 Å². The minimum absolute atomic E-state index is 0.0795. The van der Waals surface area contributed by atoms with Crippen LogP contribution >= 0.6 is 11.6 Å². The first-order valence-corrected chi connectivity index (χ1v) is 12.1. The van der Waals surface area contributed by atoms with E-state index in [0.717, 1.165) is 23.9 Å². The lowest BCUT2D eigenvalue weighted by atomic mass is 9.87. The van der Waals surface area contributed by atoms with Crippen molar-refractivity contribution < 1.29 is 37.0 Å². The monoisotopic (exact) mass is 564 g/mol. The fraction of sp³-hybridized carbons (Fsp3) is 0.308. The summed E-state index contributed by atoms with van der Waals surface area (Å²) < 4.78 is 55.4. The summed E-state index contributed by atoms with van der Waals surface area (Å²) in [5.41, 5.74) is -0.00204. The molecule has 1 aromatic heterocycles. The van der Waals surface area contributed by atoms with Gasteiger partial charge in [-0.2, -0.15) is 13.2 Å². The summed E-state index contributed by atoms with van der Waals surface area (Å²) in [7, 11) is 3.09. The van der Waals surface area contributed by atoms with Crippen LogP contribution in [0.2, 0.25) is 5.02 Å². The van der Waals surface area contributed by atoms with Crippen LogP contribution in [0.15, 0.2) is 65.2 Å². The molecule has 39 heavy (non-hydrogen) atoms. The van der Waals surface area contributed by atoms with Gasteiger partial charge < -0.3 is 24.8 Å². The van der Waals surface area contributed by atoms with E-state index >= 15 is 0 Å². The number of halogens is 4. The molecule has 0 radical (unpaired) electrons. The molecule has 2 unspecified atom stereocenters. The fourth-order valence-corrected chi connectivity index (χ4v) is 4.31. The van der Waals surface area contributed by atoms with Crippen LogP contribution in [-0.4, -0.2) is 49.4 Å². The zero-order valence-corrected chi connectivity index (χ0v) is 21.6. The van der Waals surface area contributed by atoms with Crippen LogP contribution in [0.4, 0.5) is 24.5 Å². The van der Waals surface area contributed by atoms with E-state index in [-0.39, 0.29) is 34.3 Å². The summed E-state index contributed by atoms with van der Waals surface area (Å²) in [6.07, 6.45) is 0.0738. The minimum atomic E-state index is -4.56. The Kier molecular flexibility index (Phi) is 8.44. The lowest BCUT2D eigenvalue weighted by Gasteiger charge is -2.32. The van der Waals surface area contributed by atoms with Gasteiger partial charge in [0.2, 0.25) is 17.7 Å². The summed E-state index contributed by atoms with van der Waals surface area (Å²) in [4.78, 5) is 33.2. The molecule has 2 aromatic rings. The smallest absolute Gasteiger partial charge is 0.416 e. The van der Waals surface area contributed by atoms with Gasteiger partial charge in [-0.05, 0) is 30.3 Å². The number of nitrogens with one attached hydrogen (secondary N) is 2. The van der Waals surface area contributed by atoms with E-state index in [0.29, 0.717) is 24.5 Å². The number of nitrogens with zero attached hydrogens (tertiary/aromatic N) is 2. The molecule has 2 aliphatic rings. The number of carbonyl (C=O) groups is 2. The number of methoxy groups -OCH3 is 2. The molecule has 2 N–H and O–H groups in total. The molecule has 1 aromatic carbocycles. The minimum Gasteiger partial charge on any atom is -0.493 e. The Bertz CT molecular complexity index is 1360. The zero-order valence-electron chi connectivity index (χ0n) is 20.8. The number of hydrogen-bond acceptors (Lipinski definition) is 7. The van der Waals surface area contributed by atoms with E-state index < -0.39 is 30.0 Å². The number of alkyl halides is 3. The fourth-order valence-electron chi connectivity index (χ4n) is 4.10. The molecule has 0 fully saturated rings. The van der Waals surface area contributed by atoms with Crippen LogP contribution in [0, 0.1) is 5.92 Å². The lowest BCUT2D eigenvalue weighted by Crippen LogP contribution is -2.37. The molecule has 2 atom stereocenters. The number of carbonyl (C=O) groups excluding carboxylic acids is 2. The number of pyridine rings is 1. The average Bonchev–Trinajstić information content (AvgIpc) is 2.89. The topological polar surface area (TPSA) is 111 Å².